The second-order valence-corrected chi connectivity index (χ2v) is 5.83. The molecule has 6 heteroatoms. The topological polar surface area (TPSA) is 69.1 Å². The van der Waals surface area contributed by atoms with E-state index >= 15 is 0 Å². The van der Waals surface area contributed by atoms with Crippen molar-refractivity contribution in [3.05, 3.63) is 51.2 Å². The molecule has 5 nitrogen and oxygen atoms in total. The van der Waals surface area contributed by atoms with E-state index in [-0.39, 0.29) is 5.63 Å². The first kappa shape index (κ1) is 13.9. The number of thioether (sulfide) groups is 1. The van der Waals surface area contributed by atoms with Crippen molar-refractivity contribution in [1.29, 1.82) is 0 Å². The molecule has 0 unspecified atom stereocenters. The number of aryl methyl sites for hydroxylation is 3. The average Bonchev–Trinajstić information content (AvgIpc) is 2.84. The van der Waals surface area contributed by atoms with E-state index in [1.165, 1.54) is 17.8 Å². The van der Waals surface area contributed by atoms with Crippen molar-refractivity contribution >= 4 is 22.7 Å². The highest BCUT2D eigenvalue weighted by atomic mass is 32.2. The van der Waals surface area contributed by atoms with Crippen LogP contribution in [0.15, 0.2) is 37.1 Å². The monoisotopic (exact) mass is 302 g/mol. The molecule has 0 spiro atoms. The predicted octanol–water partition coefficient (Wildman–Crippen LogP) is 3.39. The number of hydrogen-bond acceptors (Lipinski definition) is 6. The summed E-state index contributed by atoms with van der Waals surface area (Å²) in [5, 5.41) is 9.17. The number of fused-ring (bicyclic) bond motifs is 1. The molecule has 0 fully saturated rings. The molecule has 1 aromatic carbocycles. The smallest absolute Gasteiger partial charge is 0.336 e. The largest absolute Gasteiger partial charge is 0.423 e. The van der Waals surface area contributed by atoms with Gasteiger partial charge < -0.3 is 8.83 Å². The SMILES string of the molecule is Cc1nnc(SCc2cc(=O)oc3cc(C)c(C)cc23)o1. The summed E-state index contributed by atoms with van der Waals surface area (Å²) in [5.74, 6) is 1.10. The Labute approximate surface area is 125 Å². The number of aromatic nitrogens is 2. The third-order valence-electron chi connectivity index (χ3n) is 3.30. The number of rotatable bonds is 3. The molecule has 0 N–H and O–H groups in total. The third kappa shape index (κ3) is 2.85. The summed E-state index contributed by atoms with van der Waals surface area (Å²) in [5.41, 5.74) is 3.44. The van der Waals surface area contributed by atoms with Crippen molar-refractivity contribution in [1.82, 2.24) is 10.2 Å². The second-order valence-electron chi connectivity index (χ2n) is 4.90. The second kappa shape index (κ2) is 5.37. The van der Waals surface area contributed by atoms with Crippen molar-refractivity contribution in [3.8, 4) is 0 Å². The van der Waals surface area contributed by atoms with Gasteiger partial charge in [0.25, 0.3) is 5.22 Å². The van der Waals surface area contributed by atoms with Gasteiger partial charge in [0.2, 0.25) is 5.89 Å². The minimum Gasteiger partial charge on any atom is -0.423 e. The molecule has 0 aliphatic rings. The van der Waals surface area contributed by atoms with Crippen LogP contribution in [-0.2, 0) is 5.75 Å². The third-order valence-corrected chi connectivity index (χ3v) is 4.17. The van der Waals surface area contributed by atoms with Crippen LogP contribution in [0.3, 0.4) is 0 Å². The van der Waals surface area contributed by atoms with Gasteiger partial charge >= 0.3 is 5.63 Å². The molecule has 0 saturated carbocycles. The average molecular weight is 302 g/mol. The van der Waals surface area contributed by atoms with E-state index in [0.717, 1.165) is 22.1 Å². The molecule has 0 radical (unpaired) electrons. The molecule has 0 aliphatic heterocycles. The standard InChI is InChI=1S/C15H14N2O3S/c1-8-4-12-11(7-21-15-17-16-10(3)19-15)6-14(18)20-13(12)5-9(8)2/h4-6H,7H2,1-3H3. The molecule has 2 aromatic heterocycles. The first-order valence-corrected chi connectivity index (χ1v) is 7.48. The van der Waals surface area contributed by atoms with E-state index in [4.69, 9.17) is 8.83 Å². The molecule has 108 valence electrons. The molecule has 2 heterocycles. The van der Waals surface area contributed by atoms with Gasteiger partial charge in [-0.1, -0.05) is 11.8 Å². The maximum absolute atomic E-state index is 11.7. The lowest BCUT2D eigenvalue weighted by Crippen LogP contribution is -2.00. The van der Waals surface area contributed by atoms with Gasteiger partial charge in [0.1, 0.15) is 5.58 Å². The van der Waals surface area contributed by atoms with Gasteiger partial charge in [0, 0.05) is 24.1 Å². The highest BCUT2D eigenvalue weighted by molar-refractivity contribution is 7.98. The van der Waals surface area contributed by atoms with Crippen LogP contribution in [0, 0.1) is 20.8 Å². The van der Waals surface area contributed by atoms with Gasteiger partial charge in [0.05, 0.1) is 0 Å². The fraction of sp³-hybridized carbons (Fsp3) is 0.267. The number of benzene rings is 1. The Morgan fingerprint density at radius 1 is 1.05 bits per heavy atom. The molecular weight excluding hydrogens is 288 g/mol. The Hall–Kier alpha value is -2.08. The first-order valence-electron chi connectivity index (χ1n) is 6.50. The maximum Gasteiger partial charge on any atom is 0.336 e. The normalized spacial score (nSPS) is 11.2. The van der Waals surface area contributed by atoms with Crippen molar-refractivity contribution in [3.63, 3.8) is 0 Å². The van der Waals surface area contributed by atoms with E-state index in [9.17, 15) is 4.79 Å². The van der Waals surface area contributed by atoms with E-state index in [2.05, 4.69) is 10.2 Å². The number of hydrogen-bond donors (Lipinski definition) is 0. The van der Waals surface area contributed by atoms with Crippen LogP contribution in [-0.4, -0.2) is 10.2 Å². The Kier molecular flexibility index (Phi) is 3.55. The Balaban J connectivity index is 2.00. The van der Waals surface area contributed by atoms with Crippen molar-refractivity contribution < 1.29 is 8.83 Å². The summed E-state index contributed by atoms with van der Waals surface area (Å²) in [4.78, 5) is 11.7. The highest BCUT2D eigenvalue weighted by Gasteiger charge is 2.10. The van der Waals surface area contributed by atoms with Crippen LogP contribution in [0.25, 0.3) is 11.0 Å². The van der Waals surface area contributed by atoms with Crippen LogP contribution in [0.2, 0.25) is 0 Å². The zero-order valence-electron chi connectivity index (χ0n) is 12.0. The quantitative estimate of drug-likeness (QED) is 0.545. The maximum atomic E-state index is 11.7. The summed E-state index contributed by atoms with van der Waals surface area (Å²) in [7, 11) is 0. The fourth-order valence-corrected chi connectivity index (χ4v) is 2.87. The fourth-order valence-electron chi connectivity index (χ4n) is 2.08. The van der Waals surface area contributed by atoms with Gasteiger partial charge in [-0.2, -0.15) is 0 Å². The summed E-state index contributed by atoms with van der Waals surface area (Å²) in [6.45, 7) is 5.78. The first-order chi connectivity index (χ1) is 10.0. The lowest BCUT2D eigenvalue weighted by Gasteiger charge is -2.07. The molecule has 0 amide bonds. The Morgan fingerprint density at radius 2 is 1.81 bits per heavy atom. The minimum atomic E-state index is -0.344. The molecule has 0 bridgehead atoms. The highest BCUT2D eigenvalue weighted by Crippen LogP contribution is 2.27. The van der Waals surface area contributed by atoms with Gasteiger partial charge in [0.15, 0.2) is 0 Å². The van der Waals surface area contributed by atoms with E-state index < -0.39 is 0 Å². The van der Waals surface area contributed by atoms with Crippen molar-refractivity contribution in [2.75, 3.05) is 0 Å². The van der Waals surface area contributed by atoms with Gasteiger partial charge in [-0.05, 0) is 42.7 Å². The van der Waals surface area contributed by atoms with Crippen molar-refractivity contribution in [2.45, 2.75) is 31.7 Å². The molecule has 21 heavy (non-hydrogen) atoms. The molecule has 0 atom stereocenters. The molecule has 0 saturated heterocycles. The summed E-state index contributed by atoms with van der Waals surface area (Å²) < 4.78 is 10.6. The zero-order valence-corrected chi connectivity index (χ0v) is 12.8. The van der Waals surface area contributed by atoms with Crippen LogP contribution < -0.4 is 5.63 Å². The molecule has 3 aromatic rings. The van der Waals surface area contributed by atoms with E-state index in [1.54, 1.807) is 6.92 Å². The Bertz CT molecular complexity index is 867. The van der Waals surface area contributed by atoms with Gasteiger partial charge in [-0.3, -0.25) is 0 Å². The van der Waals surface area contributed by atoms with Crippen LogP contribution >= 0.6 is 11.8 Å². The summed E-state index contributed by atoms with van der Waals surface area (Å²) in [6.07, 6.45) is 0. The van der Waals surface area contributed by atoms with Gasteiger partial charge in [-0.15, -0.1) is 10.2 Å². The van der Waals surface area contributed by atoms with Crippen LogP contribution in [0.4, 0.5) is 0 Å². The van der Waals surface area contributed by atoms with E-state index in [0.29, 0.717) is 22.4 Å². The molecular formula is C15H14N2O3S. The molecule has 0 aliphatic carbocycles. The van der Waals surface area contributed by atoms with Gasteiger partial charge in [-0.25, -0.2) is 4.79 Å². The predicted molar refractivity (Wildman–Crippen MR) is 80.6 cm³/mol. The minimum absolute atomic E-state index is 0.344. The number of nitrogens with zero attached hydrogens (tertiary/aromatic N) is 2. The molecule has 3 rings (SSSR count). The summed E-state index contributed by atoms with van der Waals surface area (Å²) >= 11 is 1.41. The van der Waals surface area contributed by atoms with Crippen molar-refractivity contribution in [2.24, 2.45) is 0 Å². The van der Waals surface area contributed by atoms with Crippen LogP contribution in [0.1, 0.15) is 22.6 Å². The lowest BCUT2D eigenvalue weighted by atomic mass is 10.0. The van der Waals surface area contributed by atoms with E-state index in [1.807, 2.05) is 26.0 Å². The Morgan fingerprint density at radius 3 is 2.52 bits per heavy atom. The summed E-state index contributed by atoms with van der Waals surface area (Å²) in [6, 6.07) is 5.47. The lowest BCUT2D eigenvalue weighted by molar-refractivity contribution is 0.429. The zero-order chi connectivity index (χ0) is 15.0. The van der Waals surface area contributed by atoms with Crippen LogP contribution in [0.5, 0.6) is 0 Å².